The zero-order chi connectivity index (χ0) is 16.4. The number of halogens is 1. The van der Waals surface area contributed by atoms with Crippen molar-refractivity contribution < 1.29 is 14.4 Å². The van der Waals surface area contributed by atoms with Crippen molar-refractivity contribution in [3.63, 3.8) is 0 Å². The van der Waals surface area contributed by atoms with Gasteiger partial charge in [-0.3, -0.25) is 19.3 Å². The zero-order valence-corrected chi connectivity index (χ0v) is 15.3. The Kier molecular flexibility index (Phi) is 5.05. The van der Waals surface area contributed by atoms with Crippen molar-refractivity contribution >= 4 is 57.5 Å². The highest BCUT2D eigenvalue weighted by atomic mass is 127. The first kappa shape index (κ1) is 16.5. The molecule has 7 heteroatoms. The average Bonchev–Trinajstić information content (AvgIpc) is 3.14. The van der Waals surface area contributed by atoms with Gasteiger partial charge in [0.05, 0.1) is 4.91 Å². The zero-order valence-electron chi connectivity index (χ0n) is 12.3. The number of likely N-dealkylation sites (tertiary alicyclic amines) is 1. The number of benzene rings is 1. The van der Waals surface area contributed by atoms with Gasteiger partial charge >= 0.3 is 0 Å². The summed E-state index contributed by atoms with van der Waals surface area (Å²) in [6.07, 6.45) is 3.69. The lowest BCUT2D eigenvalue weighted by atomic mass is 10.2. The minimum atomic E-state index is -0.382. The Balaban J connectivity index is 1.75. The number of rotatable bonds is 3. The predicted molar refractivity (Wildman–Crippen MR) is 97.7 cm³/mol. The smallest absolute Gasteiger partial charge is 0.294 e. The Morgan fingerprint density at radius 1 is 1.22 bits per heavy atom. The van der Waals surface area contributed by atoms with Crippen molar-refractivity contribution in [2.45, 2.75) is 12.8 Å². The van der Waals surface area contributed by atoms with Gasteiger partial charge in [-0.1, -0.05) is 18.2 Å². The number of thioether (sulfide) groups is 1. The summed E-state index contributed by atoms with van der Waals surface area (Å²) in [5.74, 6) is -0.535. The van der Waals surface area contributed by atoms with Crippen LogP contribution in [0.5, 0.6) is 0 Å². The van der Waals surface area contributed by atoms with E-state index in [1.165, 1.54) is 0 Å². The first-order chi connectivity index (χ1) is 11.1. The van der Waals surface area contributed by atoms with E-state index in [2.05, 4.69) is 22.6 Å². The molecule has 3 amide bonds. The van der Waals surface area contributed by atoms with Gasteiger partial charge in [-0.15, -0.1) is 0 Å². The van der Waals surface area contributed by atoms with E-state index < -0.39 is 0 Å². The quantitative estimate of drug-likeness (QED) is 0.534. The molecule has 0 radical (unpaired) electrons. The molecule has 5 nitrogen and oxygen atoms in total. The molecular weight excluding hydrogens is 427 g/mol. The average molecular weight is 442 g/mol. The van der Waals surface area contributed by atoms with Crippen LogP contribution in [0.1, 0.15) is 18.4 Å². The van der Waals surface area contributed by atoms with Crippen LogP contribution in [0.25, 0.3) is 6.08 Å². The van der Waals surface area contributed by atoms with Crippen molar-refractivity contribution in [2.75, 3.05) is 19.6 Å². The van der Waals surface area contributed by atoms with Crippen molar-refractivity contribution in [1.82, 2.24) is 9.80 Å². The van der Waals surface area contributed by atoms with E-state index in [1.54, 1.807) is 11.0 Å². The molecule has 3 rings (SSSR count). The molecule has 2 aliphatic heterocycles. The third-order valence-corrected chi connectivity index (χ3v) is 5.71. The third kappa shape index (κ3) is 3.60. The van der Waals surface area contributed by atoms with E-state index in [1.807, 2.05) is 24.3 Å². The van der Waals surface area contributed by atoms with Gasteiger partial charge < -0.3 is 4.90 Å². The molecule has 0 aliphatic carbocycles. The SMILES string of the molecule is O=C(CN1C(=O)SC(=Cc2ccccc2I)C1=O)N1CCCC1. The second-order valence-corrected chi connectivity index (χ2v) is 7.53. The molecule has 1 aromatic carbocycles. The Labute approximate surface area is 152 Å². The maximum absolute atomic E-state index is 12.4. The predicted octanol–water partition coefficient (Wildman–Crippen LogP) is 2.95. The van der Waals surface area contributed by atoms with Crippen LogP contribution in [-0.4, -0.2) is 46.5 Å². The van der Waals surface area contributed by atoms with Gasteiger partial charge in [0, 0.05) is 16.7 Å². The summed E-state index contributed by atoms with van der Waals surface area (Å²) in [5, 5.41) is -0.375. The molecule has 2 aliphatic rings. The molecule has 0 spiro atoms. The van der Waals surface area contributed by atoms with E-state index >= 15 is 0 Å². The summed E-state index contributed by atoms with van der Waals surface area (Å²) in [7, 11) is 0. The first-order valence-electron chi connectivity index (χ1n) is 7.34. The number of carbonyl (C=O) groups excluding carboxylic acids is 3. The van der Waals surface area contributed by atoms with Crippen LogP contribution in [0.2, 0.25) is 0 Å². The molecule has 0 unspecified atom stereocenters. The van der Waals surface area contributed by atoms with Gasteiger partial charge in [0.2, 0.25) is 5.91 Å². The molecular formula is C16H15IN2O3S. The van der Waals surface area contributed by atoms with Gasteiger partial charge in [-0.05, 0) is 64.9 Å². The standard InChI is InChI=1S/C16H15IN2O3S/c17-12-6-2-1-5-11(12)9-13-15(21)19(16(22)23-13)10-14(20)18-7-3-4-8-18/h1-2,5-6,9H,3-4,7-8,10H2. The van der Waals surface area contributed by atoms with Crippen LogP contribution >= 0.6 is 34.4 Å². The number of carbonyl (C=O) groups is 3. The van der Waals surface area contributed by atoms with Gasteiger partial charge in [0.1, 0.15) is 6.54 Å². The molecule has 0 atom stereocenters. The summed E-state index contributed by atoms with van der Waals surface area (Å²) in [4.78, 5) is 39.8. The van der Waals surface area contributed by atoms with Gasteiger partial charge in [-0.25, -0.2) is 0 Å². The summed E-state index contributed by atoms with van der Waals surface area (Å²) < 4.78 is 1.00. The molecule has 0 N–H and O–H groups in total. The Morgan fingerprint density at radius 2 is 1.91 bits per heavy atom. The molecule has 120 valence electrons. The highest BCUT2D eigenvalue weighted by molar-refractivity contribution is 14.1. The van der Waals surface area contributed by atoms with Crippen LogP contribution in [0, 0.1) is 3.57 Å². The fourth-order valence-electron chi connectivity index (χ4n) is 2.57. The first-order valence-corrected chi connectivity index (χ1v) is 9.23. The molecule has 23 heavy (non-hydrogen) atoms. The van der Waals surface area contributed by atoms with Crippen molar-refractivity contribution in [1.29, 1.82) is 0 Å². The Morgan fingerprint density at radius 3 is 2.61 bits per heavy atom. The normalized spacial score (nSPS) is 20.0. The fraction of sp³-hybridized carbons (Fsp3) is 0.312. The lowest BCUT2D eigenvalue weighted by molar-refractivity contribution is -0.135. The van der Waals surface area contributed by atoms with E-state index in [0.717, 1.165) is 38.6 Å². The minimum absolute atomic E-state index is 0.152. The maximum atomic E-state index is 12.4. The number of imide groups is 1. The largest absolute Gasteiger partial charge is 0.341 e. The molecule has 1 aromatic rings. The monoisotopic (exact) mass is 442 g/mol. The Bertz CT molecular complexity index is 698. The van der Waals surface area contributed by atoms with Crippen LogP contribution in [0.4, 0.5) is 4.79 Å². The van der Waals surface area contributed by atoms with E-state index in [0.29, 0.717) is 18.0 Å². The molecule has 0 aromatic heterocycles. The van der Waals surface area contributed by atoms with Crippen molar-refractivity contribution in [3.8, 4) is 0 Å². The molecule has 2 heterocycles. The molecule has 0 saturated carbocycles. The lowest BCUT2D eigenvalue weighted by Gasteiger charge is -2.18. The number of nitrogens with zero attached hydrogens (tertiary/aromatic N) is 2. The second-order valence-electron chi connectivity index (χ2n) is 5.38. The van der Waals surface area contributed by atoms with Gasteiger partial charge in [-0.2, -0.15) is 0 Å². The lowest BCUT2D eigenvalue weighted by Crippen LogP contribution is -2.40. The van der Waals surface area contributed by atoms with Crippen LogP contribution in [0.3, 0.4) is 0 Å². The van der Waals surface area contributed by atoms with Gasteiger partial charge in [0.15, 0.2) is 0 Å². The van der Waals surface area contributed by atoms with E-state index in [-0.39, 0.29) is 23.6 Å². The topological polar surface area (TPSA) is 57.7 Å². The number of amides is 3. The summed E-state index contributed by atoms with van der Waals surface area (Å²) >= 11 is 3.08. The van der Waals surface area contributed by atoms with Crippen LogP contribution < -0.4 is 0 Å². The van der Waals surface area contributed by atoms with E-state index in [9.17, 15) is 14.4 Å². The van der Waals surface area contributed by atoms with Crippen molar-refractivity contribution in [3.05, 3.63) is 38.3 Å². The second kappa shape index (κ2) is 7.04. The fourth-order valence-corrected chi connectivity index (χ4v) is 3.94. The van der Waals surface area contributed by atoms with Crippen LogP contribution in [0.15, 0.2) is 29.2 Å². The highest BCUT2D eigenvalue weighted by Crippen LogP contribution is 2.33. The van der Waals surface area contributed by atoms with E-state index in [4.69, 9.17) is 0 Å². The third-order valence-electron chi connectivity index (χ3n) is 3.82. The maximum Gasteiger partial charge on any atom is 0.294 e. The van der Waals surface area contributed by atoms with Crippen molar-refractivity contribution in [2.24, 2.45) is 0 Å². The molecule has 0 bridgehead atoms. The summed E-state index contributed by atoms with van der Waals surface area (Å²) in [6, 6.07) is 7.63. The molecule has 2 saturated heterocycles. The number of hydrogen-bond donors (Lipinski definition) is 0. The van der Waals surface area contributed by atoms with Crippen LogP contribution in [-0.2, 0) is 9.59 Å². The summed E-state index contributed by atoms with van der Waals surface area (Å²) in [5.41, 5.74) is 0.893. The summed E-state index contributed by atoms with van der Waals surface area (Å²) in [6.45, 7) is 1.27. The minimum Gasteiger partial charge on any atom is -0.341 e. The highest BCUT2D eigenvalue weighted by Gasteiger charge is 2.37. The molecule has 2 fully saturated rings. The number of hydrogen-bond acceptors (Lipinski definition) is 4. The van der Waals surface area contributed by atoms with Gasteiger partial charge in [0.25, 0.3) is 11.1 Å². The Hall–Kier alpha value is -1.35.